The van der Waals surface area contributed by atoms with Crippen molar-refractivity contribution < 1.29 is 17.9 Å². The summed E-state index contributed by atoms with van der Waals surface area (Å²) in [6.45, 7) is -0.128. The van der Waals surface area contributed by atoms with Crippen molar-refractivity contribution in [3.05, 3.63) is 34.9 Å². The Kier molecular flexibility index (Phi) is 11.4. The van der Waals surface area contributed by atoms with Gasteiger partial charge in [0, 0.05) is 31.8 Å². The molecule has 0 unspecified atom stereocenters. The first kappa shape index (κ1) is 22.3. The van der Waals surface area contributed by atoms with E-state index in [0.29, 0.717) is 30.5 Å². The van der Waals surface area contributed by atoms with E-state index >= 15 is 0 Å². The largest absolute Gasteiger partial charge is 0.411 e. The fourth-order valence-electron chi connectivity index (χ4n) is 1.58. The molecule has 0 fully saturated rings. The molecule has 4 nitrogen and oxygen atoms in total. The van der Waals surface area contributed by atoms with E-state index in [1.54, 1.807) is 19.2 Å². The Balaban J connectivity index is 0.00000484. The van der Waals surface area contributed by atoms with Crippen molar-refractivity contribution >= 4 is 41.5 Å². The Morgan fingerprint density at radius 2 is 1.87 bits per heavy atom. The van der Waals surface area contributed by atoms with Gasteiger partial charge < -0.3 is 15.4 Å². The van der Waals surface area contributed by atoms with Gasteiger partial charge in [0.25, 0.3) is 0 Å². The smallest absolute Gasteiger partial charge is 0.372 e. The number of rotatable bonds is 7. The first-order chi connectivity index (χ1) is 10.4. The number of halogens is 5. The first-order valence-electron chi connectivity index (χ1n) is 6.74. The van der Waals surface area contributed by atoms with E-state index in [2.05, 4.69) is 20.4 Å². The Morgan fingerprint density at radius 1 is 1.22 bits per heavy atom. The van der Waals surface area contributed by atoms with Crippen LogP contribution in [0, 0.1) is 0 Å². The van der Waals surface area contributed by atoms with Gasteiger partial charge in [-0.3, -0.25) is 4.99 Å². The lowest BCUT2D eigenvalue weighted by molar-refractivity contribution is -0.173. The van der Waals surface area contributed by atoms with Crippen molar-refractivity contribution in [1.29, 1.82) is 0 Å². The second kappa shape index (κ2) is 11.7. The molecule has 1 rings (SSSR count). The quantitative estimate of drug-likeness (QED) is 0.280. The fourth-order valence-corrected chi connectivity index (χ4v) is 1.70. The maximum Gasteiger partial charge on any atom is 0.411 e. The predicted molar refractivity (Wildman–Crippen MR) is 96.6 cm³/mol. The molecule has 0 bridgehead atoms. The van der Waals surface area contributed by atoms with Crippen LogP contribution in [-0.4, -0.2) is 38.9 Å². The standard InChI is InChI=1S/C14H19ClF3N3O.HI/c1-19-13(20-7-2-8-22-10-14(16,17)18)21-9-11-3-5-12(15)6-4-11;/h3-6H,2,7-10H2,1H3,(H2,19,20,21);1H. The second-order valence-electron chi connectivity index (χ2n) is 4.50. The highest BCUT2D eigenvalue weighted by Gasteiger charge is 2.27. The van der Waals surface area contributed by atoms with E-state index in [1.165, 1.54) is 0 Å². The van der Waals surface area contributed by atoms with Gasteiger partial charge in [-0.2, -0.15) is 13.2 Å². The van der Waals surface area contributed by atoms with Gasteiger partial charge >= 0.3 is 6.18 Å². The van der Waals surface area contributed by atoms with Gasteiger partial charge in [0.15, 0.2) is 5.96 Å². The van der Waals surface area contributed by atoms with E-state index in [-0.39, 0.29) is 30.6 Å². The van der Waals surface area contributed by atoms with E-state index in [0.717, 1.165) is 5.56 Å². The van der Waals surface area contributed by atoms with Crippen molar-refractivity contribution in [1.82, 2.24) is 10.6 Å². The molecule has 0 radical (unpaired) electrons. The molecular formula is C14H20ClF3IN3O. The average Bonchev–Trinajstić information content (AvgIpc) is 2.46. The maximum absolute atomic E-state index is 11.9. The van der Waals surface area contributed by atoms with Gasteiger partial charge in [-0.05, 0) is 24.1 Å². The zero-order chi connectivity index (χ0) is 16.4. The van der Waals surface area contributed by atoms with E-state index in [9.17, 15) is 13.2 Å². The minimum Gasteiger partial charge on any atom is -0.372 e. The molecule has 0 heterocycles. The number of guanidine groups is 1. The van der Waals surface area contributed by atoms with Crippen LogP contribution in [0.1, 0.15) is 12.0 Å². The van der Waals surface area contributed by atoms with Crippen molar-refractivity contribution in [2.75, 3.05) is 26.8 Å². The normalized spacial score (nSPS) is 11.8. The van der Waals surface area contributed by atoms with Crippen LogP contribution in [0.2, 0.25) is 5.02 Å². The van der Waals surface area contributed by atoms with Crippen LogP contribution < -0.4 is 10.6 Å². The third-order valence-electron chi connectivity index (χ3n) is 2.62. The Labute approximate surface area is 155 Å². The number of nitrogens with zero attached hydrogens (tertiary/aromatic N) is 1. The average molecular weight is 466 g/mol. The van der Waals surface area contributed by atoms with Crippen LogP contribution >= 0.6 is 35.6 Å². The molecule has 9 heteroatoms. The second-order valence-corrected chi connectivity index (χ2v) is 4.94. The van der Waals surface area contributed by atoms with Crippen LogP contribution in [0.5, 0.6) is 0 Å². The fraction of sp³-hybridized carbons (Fsp3) is 0.500. The van der Waals surface area contributed by atoms with Crippen molar-refractivity contribution in [3.8, 4) is 0 Å². The molecule has 0 amide bonds. The molecule has 0 saturated carbocycles. The highest BCUT2D eigenvalue weighted by molar-refractivity contribution is 14.0. The first-order valence-corrected chi connectivity index (χ1v) is 7.12. The lowest BCUT2D eigenvalue weighted by atomic mass is 10.2. The SMILES string of the molecule is CN=C(NCCCOCC(F)(F)F)NCc1ccc(Cl)cc1.I. The molecule has 23 heavy (non-hydrogen) atoms. The number of alkyl halides is 3. The van der Waals surface area contributed by atoms with Crippen molar-refractivity contribution in [2.45, 2.75) is 19.1 Å². The lowest BCUT2D eigenvalue weighted by Gasteiger charge is -2.12. The third kappa shape index (κ3) is 11.4. The van der Waals surface area contributed by atoms with Gasteiger partial charge in [-0.15, -0.1) is 24.0 Å². The number of benzene rings is 1. The molecule has 0 saturated heterocycles. The summed E-state index contributed by atoms with van der Waals surface area (Å²) in [6.07, 6.45) is -3.82. The number of nitrogens with one attached hydrogen (secondary N) is 2. The number of aliphatic imine (C=N–C) groups is 1. The third-order valence-corrected chi connectivity index (χ3v) is 2.87. The van der Waals surface area contributed by atoms with Crippen LogP contribution in [0.4, 0.5) is 13.2 Å². The van der Waals surface area contributed by atoms with Crippen LogP contribution in [-0.2, 0) is 11.3 Å². The van der Waals surface area contributed by atoms with Crippen LogP contribution in [0.25, 0.3) is 0 Å². The van der Waals surface area contributed by atoms with Gasteiger partial charge in [0.2, 0.25) is 0 Å². The van der Waals surface area contributed by atoms with Crippen molar-refractivity contribution in [3.63, 3.8) is 0 Å². The minimum absolute atomic E-state index is 0. The van der Waals surface area contributed by atoms with Crippen molar-refractivity contribution in [2.24, 2.45) is 4.99 Å². The van der Waals surface area contributed by atoms with Gasteiger partial charge in [0.1, 0.15) is 6.61 Å². The minimum atomic E-state index is -4.27. The summed E-state index contributed by atoms with van der Waals surface area (Å²) in [4.78, 5) is 4.03. The number of ether oxygens (including phenoxy) is 1. The molecule has 0 atom stereocenters. The summed E-state index contributed by atoms with van der Waals surface area (Å²) in [5.41, 5.74) is 1.04. The zero-order valence-corrected chi connectivity index (χ0v) is 15.7. The zero-order valence-electron chi connectivity index (χ0n) is 12.6. The summed E-state index contributed by atoms with van der Waals surface area (Å²) >= 11 is 5.80. The van der Waals surface area contributed by atoms with E-state index < -0.39 is 12.8 Å². The maximum atomic E-state index is 11.9. The Hall–Kier alpha value is -0.740. The summed E-state index contributed by atoms with van der Waals surface area (Å²) < 4.78 is 40.1. The summed E-state index contributed by atoms with van der Waals surface area (Å²) in [6, 6.07) is 7.39. The molecule has 0 spiro atoms. The lowest BCUT2D eigenvalue weighted by Crippen LogP contribution is -2.37. The van der Waals surface area contributed by atoms with E-state index in [1.807, 2.05) is 12.1 Å². The van der Waals surface area contributed by atoms with Gasteiger partial charge in [0.05, 0.1) is 0 Å². The molecule has 0 aromatic heterocycles. The van der Waals surface area contributed by atoms with Gasteiger partial charge in [-0.25, -0.2) is 0 Å². The number of hydrogen-bond acceptors (Lipinski definition) is 2. The topological polar surface area (TPSA) is 45.7 Å². The van der Waals surface area contributed by atoms with Gasteiger partial charge in [-0.1, -0.05) is 23.7 Å². The molecule has 1 aromatic rings. The Morgan fingerprint density at radius 3 is 2.43 bits per heavy atom. The molecule has 0 aliphatic rings. The van der Waals surface area contributed by atoms with E-state index in [4.69, 9.17) is 11.6 Å². The molecule has 0 aliphatic carbocycles. The summed E-state index contributed by atoms with van der Waals surface area (Å²) in [5.74, 6) is 0.575. The number of hydrogen-bond donors (Lipinski definition) is 2. The molecule has 2 N–H and O–H groups in total. The Bertz CT molecular complexity index is 469. The summed E-state index contributed by atoms with van der Waals surface area (Å²) in [5, 5.41) is 6.77. The predicted octanol–water partition coefficient (Wildman–Crippen LogP) is 3.59. The molecular weight excluding hydrogens is 446 g/mol. The molecule has 132 valence electrons. The van der Waals surface area contributed by atoms with Crippen LogP contribution in [0.3, 0.4) is 0 Å². The van der Waals surface area contributed by atoms with Crippen LogP contribution in [0.15, 0.2) is 29.3 Å². The highest BCUT2D eigenvalue weighted by atomic mass is 127. The monoisotopic (exact) mass is 465 g/mol. The molecule has 0 aliphatic heterocycles. The summed E-state index contributed by atoms with van der Waals surface area (Å²) in [7, 11) is 1.62. The molecule has 1 aromatic carbocycles. The highest BCUT2D eigenvalue weighted by Crippen LogP contribution is 2.14.